The lowest BCUT2D eigenvalue weighted by molar-refractivity contribution is 0.0955. The number of phenolic OH excluding ortho intramolecular Hbond substituents is 1. The monoisotopic (exact) mass is 424 g/mol. The van der Waals surface area contributed by atoms with Crippen LogP contribution in [0.5, 0.6) is 11.5 Å². The molecule has 0 heterocycles. The van der Waals surface area contributed by atoms with Crippen LogP contribution >= 0.6 is 15.9 Å². The van der Waals surface area contributed by atoms with E-state index in [0.717, 1.165) is 15.6 Å². The van der Waals surface area contributed by atoms with Gasteiger partial charge in [-0.05, 0) is 71.8 Å². The Hall–Kier alpha value is -3.12. The molecule has 136 valence electrons. The van der Waals surface area contributed by atoms with Crippen LogP contribution in [0.15, 0.2) is 82.4 Å². The van der Waals surface area contributed by atoms with Crippen LogP contribution in [-0.2, 0) is 6.61 Å². The van der Waals surface area contributed by atoms with Gasteiger partial charge >= 0.3 is 0 Å². The molecule has 0 fully saturated rings. The molecule has 0 aliphatic rings. The Morgan fingerprint density at radius 1 is 1.00 bits per heavy atom. The van der Waals surface area contributed by atoms with Crippen molar-refractivity contribution in [2.24, 2.45) is 5.10 Å². The van der Waals surface area contributed by atoms with Crippen molar-refractivity contribution < 1.29 is 14.6 Å². The molecule has 0 saturated carbocycles. The largest absolute Gasteiger partial charge is 0.508 e. The van der Waals surface area contributed by atoms with Gasteiger partial charge in [0.25, 0.3) is 5.91 Å². The maximum atomic E-state index is 12.1. The Balaban J connectivity index is 1.52. The second kappa shape index (κ2) is 9.00. The van der Waals surface area contributed by atoms with Crippen molar-refractivity contribution >= 4 is 28.1 Å². The number of nitrogens with zero attached hydrogens (tertiary/aromatic N) is 1. The van der Waals surface area contributed by atoms with Crippen LogP contribution in [0.25, 0.3) is 0 Å². The molecule has 3 aromatic carbocycles. The molecule has 3 aromatic rings. The molecular weight excluding hydrogens is 408 g/mol. The van der Waals surface area contributed by atoms with E-state index in [9.17, 15) is 9.90 Å². The van der Waals surface area contributed by atoms with E-state index in [1.807, 2.05) is 24.3 Å². The predicted molar refractivity (Wildman–Crippen MR) is 108 cm³/mol. The predicted octanol–water partition coefficient (Wildman–Crippen LogP) is 4.50. The van der Waals surface area contributed by atoms with Gasteiger partial charge in [-0.3, -0.25) is 4.79 Å². The highest BCUT2D eigenvalue weighted by atomic mass is 79.9. The number of hydrogen-bond donors (Lipinski definition) is 2. The third-order valence-electron chi connectivity index (χ3n) is 3.71. The zero-order chi connectivity index (χ0) is 19.1. The third kappa shape index (κ3) is 5.69. The van der Waals surface area contributed by atoms with Crippen LogP contribution in [0.2, 0.25) is 0 Å². The first-order chi connectivity index (χ1) is 13.1. The van der Waals surface area contributed by atoms with Gasteiger partial charge in [0.15, 0.2) is 0 Å². The van der Waals surface area contributed by atoms with E-state index in [2.05, 4.69) is 26.5 Å². The third-order valence-corrected chi connectivity index (χ3v) is 4.24. The Kier molecular flexibility index (Phi) is 6.22. The smallest absolute Gasteiger partial charge is 0.271 e. The molecule has 2 N–H and O–H groups in total. The van der Waals surface area contributed by atoms with Gasteiger partial charge in [0.2, 0.25) is 0 Å². The summed E-state index contributed by atoms with van der Waals surface area (Å²) in [5.74, 6) is 0.546. The fraction of sp³-hybridized carbons (Fsp3) is 0.0476. The first-order valence-corrected chi connectivity index (χ1v) is 8.99. The van der Waals surface area contributed by atoms with Gasteiger partial charge in [0, 0.05) is 10.0 Å². The van der Waals surface area contributed by atoms with Crippen LogP contribution in [0.1, 0.15) is 21.5 Å². The molecule has 0 aliphatic carbocycles. The van der Waals surface area contributed by atoms with Crippen LogP contribution in [-0.4, -0.2) is 17.2 Å². The summed E-state index contributed by atoms with van der Waals surface area (Å²) in [6.45, 7) is 0.454. The summed E-state index contributed by atoms with van der Waals surface area (Å²) in [5.41, 5.74) is 4.78. The lowest BCUT2D eigenvalue weighted by Gasteiger charge is -2.07. The topological polar surface area (TPSA) is 70.9 Å². The van der Waals surface area contributed by atoms with Crippen LogP contribution in [0.4, 0.5) is 0 Å². The first kappa shape index (κ1) is 18.7. The second-order valence-corrected chi connectivity index (χ2v) is 6.65. The van der Waals surface area contributed by atoms with Crippen LogP contribution < -0.4 is 10.2 Å². The number of benzene rings is 3. The molecule has 3 rings (SSSR count). The lowest BCUT2D eigenvalue weighted by atomic mass is 10.2. The Morgan fingerprint density at radius 2 is 1.67 bits per heavy atom. The molecule has 0 atom stereocenters. The Labute approximate surface area is 165 Å². The summed E-state index contributed by atoms with van der Waals surface area (Å²) in [4.78, 5) is 12.1. The van der Waals surface area contributed by atoms with Crippen molar-refractivity contribution in [2.45, 2.75) is 6.61 Å². The number of ether oxygens (including phenoxy) is 1. The zero-order valence-corrected chi connectivity index (χ0v) is 15.9. The first-order valence-electron chi connectivity index (χ1n) is 8.20. The van der Waals surface area contributed by atoms with E-state index in [-0.39, 0.29) is 11.7 Å². The van der Waals surface area contributed by atoms with E-state index in [1.165, 1.54) is 6.21 Å². The number of rotatable bonds is 6. The van der Waals surface area contributed by atoms with Crippen molar-refractivity contribution in [1.82, 2.24) is 5.43 Å². The van der Waals surface area contributed by atoms with Crippen molar-refractivity contribution in [2.75, 3.05) is 0 Å². The van der Waals surface area contributed by atoms with Crippen LogP contribution in [0.3, 0.4) is 0 Å². The average molecular weight is 425 g/mol. The maximum Gasteiger partial charge on any atom is 0.271 e. The normalized spacial score (nSPS) is 10.7. The molecule has 6 heteroatoms. The minimum Gasteiger partial charge on any atom is -0.508 e. The second-order valence-electron chi connectivity index (χ2n) is 5.73. The number of carbonyl (C=O) groups excluding carboxylic acids is 1. The van der Waals surface area contributed by atoms with Gasteiger partial charge in [-0.1, -0.05) is 28.1 Å². The standard InChI is InChI=1S/C21H17BrN2O3/c22-18-7-1-16(2-8-18)14-27-20-11-5-17(6-12-20)21(26)24-23-13-15-3-9-19(25)10-4-15/h1-13,25H,14H2,(H,24,26)/b23-13+. The van der Waals surface area contributed by atoms with Crippen molar-refractivity contribution in [3.63, 3.8) is 0 Å². The van der Waals surface area contributed by atoms with E-state index in [1.54, 1.807) is 48.5 Å². The van der Waals surface area contributed by atoms with Crippen LogP contribution in [0, 0.1) is 0 Å². The fourth-order valence-corrected chi connectivity index (χ4v) is 2.50. The summed E-state index contributed by atoms with van der Waals surface area (Å²) in [7, 11) is 0. The summed E-state index contributed by atoms with van der Waals surface area (Å²) >= 11 is 3.40. The molecule has 0 aromatic heterocycles. The summed E-state index contributed by atoms with van der Waals surface area (Å²) in [6.07, 6.45) is 1.51. The van der Waals surface area contributed by atoms with E-state index in [4.69, 9.17) is 4.74 Å². The molecule has 0 unspecified atom stereocenters. The number of aromatic hydroxyl groups is 1. The molecule has 0 radical (unpaired) electrons. The van der Waals surface area contributed by atoms with Crippen molar-refractivity contribution in [1.29, 1.82) is 0 Å². The molecule has 0 aliphatic heterocycles. The van der Waals surface area contributed by atoms with E-state index in [0.29, 0.717) is 17.9 Å². The molecule has 0 saturated heterocycles. The highest BCUT2D eigenvalue weighted by molar-refractivity contribution is 9.10. The van der Waals surface area contributed by atoms with Crippen molar-refractivity contribution in [3.05, 3.63) is 94.0 Å². The van der Waals surface area contributed by atoms with Gasteiger partial charge in [0.05, 0.1) is 6.21 Å². The SMILES string of the molecule is O=C(N/N=C/c1ccc(O)cc1)c1ccc(OCc2ccc(Br)cc2)cc1. The van der Waals surface area contributed by atoms with E-state index < -0.39 is 0 Å². The fourth-order valence-electron chi connectivity index (χ4n) is 2.24. The minimum atomic E-state index is -0.315. The summed E-state index contributed by atoms with van der Waals surface area (Å²) in [5, 5.41) is 13.1. The molecule has 27 heavy (non-hydrogen) atoms. The molecule has 5 nitrogen and oxygen atoms in total. The average Bonchev–Trinajstić information content (AvgIpc) is 2.69. The zero-order valence-electron chi connectivity index (χ0n) is 14.3. The van der Waals surface area contributed by atoms with Gasteiger partial charge in [-0.25, -0.2) is 5.43 Å². The minimum absolute atomic E-state index is 0.179. The van der Waals surface area contributed by atoms with Gasteiger partial charge in [-0.2, -0.15) is 5.10 Å². The summed E-state index contributed by atoms with van der Waals surface area (Å²) in [6, 6.07) is 21.3. The Bertz CT molecular complexity index is 921. The molecule has 1 amide bonds. The van der Waals surface area contributed by atoms with Gasteiger partial charge < -0.3 is 9.84 Å². The van der Waals surface area contributed by atoms with Gasteiger partial charge in [-0.15, -0.1) is 0 Å². The van der Waals surface area contributed by atoms with Gasteiger partial charge in [0.1, 0.15) is 18.1 Å². The lowest BCUT2D eigenvalue weighted by Crippen LogP contribution is -2.17. The van der Waals surface area contributed by atoms with Crippen molar-refractivity contribution in [3.8, 4) is 11.5 Å². The number of hydrazone groups is 1. The number of halogens is 1. The molecule has 0 bridgehead atoms. The quantitative estimate of drug-likeness (QED) is 0.452. The number of phenols is 1. The number of hydrogen-bond acceptors (Lipinski definition) is 4. The summed E-state index contributed by atoms with van der Waals surface area (Å²) < 4.78 is 6.74. The highest BCUT2D eigenvalue weighted by Crippen LogP contribution is 2.16. The maximum absolute atomic E-state index is 12.1. The number of nitrogens with one attached hydrogen (secondary N) is 1. The Morgan fingerprint density at radius 3 is 2.33 bits per heavy atom. The molecule has 0 spiro atoms. The molecular formula is C21H17BrN2O3. The van der Waals surface area contributed by atoms with E-state index >= 15 is 0 Å². The number of carbonyl (C=O) groups is 1. The number of amides is 1. The highest BCUT2D eigenvalue weighted by Gasteiger charge is 2.04.